The van der Waals surface area contributed by atoms with E-state index in [1.807, 2.05) is 16.7 Å². The van der Waals surface area contributed by atoms with Crippen molar-refractivity contribution in [3.63, 3.8) is 0 Å². The number of pyridine rings is 1. The number of terminal acetylenes is 1. The Kier molecular flexibility index (Phi) is 10.2. The van der Waals surface area contributed by atoms with Crippen LogP contribution in [0, 0.1) is 24.0 Å². The number of piperazine rings is 1. The van der Waals surface area contributed by atoms with Gasteiger partial charge in [-0.3, -0.25) is 14.7 Å². The highest BCUT2D eigenvalue weighted by molar-refractivity contribution is 6.04. The van der Waals surface area contributed by atoms with Crippen LogP contribution in [0.15, 0.2) is 41.6 Å². The Balaban J connectivity index is 1.18. The zero-order valence-electron chi connectivity index (χ0n) is 32.3. The van der Waals surface area contributed by atoms with E-state index in [2.05, 4.69) is 20.8 Å². The highest BCUT2D eigenvalue weighted by Crippen LogP contribution is 2.43. The van der Waals surface area contributed by atoms with Crippen molar-refractivity contribution in [1.29, 1.82) is 0 Å². The summed E-state index contributed by atoms with van der Waals surface area (Å²) in [5.41, 5.74) is -0.260. The first-order valence-corrected chi connectivity index (χ1v) is 19.7. The maximum atomic E-state index is 17.1. The van der Waals surface area contributed by atoms with Gasteiger partial charge in [-0.25, -0.2) is 18.0 Å². The van der Waals surface area contributed by atoms with Crippen molar-refractivity contribution in [2.45, 2.75) is 89.5 Å². The van der Waals surface area contributed by atoms with E-state index in [1.165, 1.54) is 30.5 Å². The van der Waals surface area contributed by atoms with Crippen molar-refractivity contribution in [3.05, 3.63) is 58.8 Å². The number of benzene rings is 2. The highest BCUT2D eigenvalue weighted by Gasteiger charge is 2.50. The number of phenols is 1. The average molecular weight is 783 g/mol. The molecule has 1 amide bonds. The number of esters is 1. The first kappa shape index (κ1) is 38.5. The number of hydrogen-bond acceptors (Lipinski definition) is 10. The second-order valence-corrected chi connectivity index (χ2v) is 15.8. The van der Waals surface area contributed by atoms with Crippen LogP contribution < -0.4 is 9.64 Å². The number of hydrogen-bond donors (Lipinski definition) is 1. The minimum atomic E-state index is -0.980. The number of fused-ring (bicyclic) bond motifs is 5. The molecule has 4 atom stereocenters. The van der Waals surface area contributed by atoms with E-state index in [-0.39, 0.29) is 81.6 Å². The maximum absolute atomic E-state index is 17.1. The number of carbonyl (C=O) groups is 2. The number of aromatic hydroxyl groups is 1. The molecule has 57 heavy (non-hydrogen) atoms. The molecule has 0 aliphatic carbocycles. The van der Waals surface area contributed by atoms with Crippen LogP contribution in [0.25, 0.3) is 32.9 Å². The smallest absolute Gasteiger partial charge is 0.334 e. The number of unbranched alkanes of at least 4 members (excludes halogenated alkanes) is 1. The summed E-state index contributed by atoms with van der Waals surface area (Å²) in [6, 6.07) is 4.78. The fraction of sp³-hybridized carbons (Fsp3) is 0.465. The molecule has 298 valence electrons. The van der Waals surface area contributed by atoms with Crippen molar-refractivity contribution >= 4 is 39.4 Å². The maximum Gasteiger partial charge on any atom is 0.334 e. The second kappa shape index (κ2) is 15.2. The number of aromatic nitrogens is 3. The van der Waals surface area contributed by atoms with E-state index in [0.29, 0.717) is 55.7 Å². The van der Waals surface area contributed by atoms with Gasteiger partial charge in [-0.05, 0) is 76.1 Å². The average Bonchev–Trinajstić information content (AvgIpc) is 3.82. The number of ether oxygens (including phenoxy) is 2. The van der Waals surface area contributed by atoms with Gasteiger partial charge in [0.1, 0.15) is 41.4 Å². The van der Waals surface area contributed by atoms with Crippen molar-refractivity contribution in [2.75, 3.05) is 44.3 Å². The molecule has 4 aromatic rings. The molecule has 0 radical (unpaired) electrons. The fourth-order valence-electron chi connectivity index (χ4n) is 9.25. The zero-order chi connectivity index (χ0) is 40.2. The number of halogens is 3. The van der Waals surface area contributed by atoms with Gasteiger partial charge in [-0.15, -0.1) is 6.42 Å². The van der Waals surface area contributed by atoms with Crippen LogP contribution in [-0.2, 0) is 14.3 Å². The predicted molar refractivity (Wildman–Crippen MR) is 208 cm³/mol. The predicted octanol–water partition coefficient (Wildman–Crippen LogP) is 6.62. The lowest BCUT2D eigenvalue weighted by atomic mass is 9.95. The molecule has 0 saturated carbocycles. The van der Waals surface area contributed by atoms with Crippen molar-refractivity contribution in [2.24, 2.45) is 0 Å². The summed E-state index contributed by atoms with van der Waals surface area (Å²) >= 11 is 0. The van der Waals surface area contributed by atoms with E-state index < -0.39 is 29.3 Å². The van der Waals surface area contributed by atoms with E-state index in [4.69, 9.17) is 20.9 Å². The van der Waals surface area contributed by atoms with E-state index in [9.17, 15) is 23.5 Å². The lowest BCUT2D eigenvalue weighted by Gasteiger charge is -2.42. The Hall–Kier alpha value is -5.42. The first-order valence-electron chi connectivity index (χ1n) is 19.7. The standard InChI is InChI=1S/C43H45F3N6O5/c1-5-7-15-56-41(55)25(4)24(3)40(54)52-28-10-11-29(52)22-50(21-28)39-33-19-47-37(32-17-30(53)16-26-9-12-34(45)31(6-2)35(26)32)36(46)38(33)48-42(49-39)57-23-43-13-8-14-51(43)20-27(44)18-43/h2,9,12,16-17,19,27-29,53H,5,7-8,10-11,13-15,18,20-23H2,1,3-4H3/b25-24-/t27-,28?,29?,43+/m1/s1. The summed E-state index contributed by atoms with van der Waals surface area (Å²) in [6.45, 7) is 7.46. The minimum absolute atomic E-state index is 0.0815. The quantitative estimate of drug-likeness (QED) is 0.0813. The Morgan fingerprint density at radius 2 is 1.86 bits per heavy atom. The molecule has 0 spiro atoms. The molecular weight excluding hydrogens is 738 g/mol. The van der Waals surface area contributed by atoms with Gasteiger partial charge in [0.15, 0.2) is 5.82 Å². The summed E-state index contributed by atoms with van der Waals surface area (Å²) in [7, 11) is 0. The molecule has 4 fully saturated rings. The summed E-state index contributed by atoms with van der Waals surface area (Å²) in [6.07, 6.45) is 11.2. The molecule has 2 aromatic carbocycles. The van der Waals surface area contributed by atoms with Gasteiger partial charge in [0.05, 0.1) is 35.2 Å². The third-order valence-electron chi connectivity index (χ3n) is 12.3. The summed E-state index contributed by atoms with van der Waals surface area (Å²) in [4.78, 5) is 46.5. The molecule has 4 aliphatic heterocycles. The van der Waals surface area contributed by atoms with Crippen LogP contribution in [0.3, 0.4) is 0 Å². The molecule has 1 N–H and O–H groups in total. The summed E-state index contributed by atoms with van der Waals surface area (Å²) < 4.78 is 58.5. The molecular formula is C43H45F3N6O5. The number of phenolic OH excluding ortho intramolecular Hbond substituents is 1. The van der Waals surface area contributed by atoms with Crippen molar-refractivity contribution in [3.8, 4) is 35.4 Å². The van der Waals surface area contributed by atoms with E-state index in [0.717, 1.165) is 32.2 Å². The largest absolute Gasteiger partial charge is 0.508 e. The van der Waals surface area contributed by atoms with Crippen LogP contribution in [0.2, 0.25) is 0 Å². The van der Waals surface area contributed by atoms with Crippen LogP contribution in [-0.4, -0.2) is 105 Å². The number of alkyl halides is 1. The molecule has 8 rings (SSSR count). The number of anilines is 1. The van der Waals surface area contributed by atoms with E-state index >= 15 is 4.39 Å². The Bertz CT molecular complexity index is 2350. The van der Waals surface area contributed by atoms with Crippen LogP contribution in [0.1, 0.15) is 71.3 Å². The molecule has 4 aliphatic rings. The molecule has 4 saturated heterocycles. The third-order valence-corrected chi connectivity index (χ3v) is 12.3. The number of carbonyl (C=O) groups excluding carboxylic acids is 2. The number of rotatable bonds is 10. The van der Waals surface area contributed by atoms with Crippen molar-refractivity contribution < 1.29 is 37.3 Å². The van der Waals surface area contributed by atoms with Crippen LogP contribution >= 0.6 is 0 Å². The van der Waals surface area contributed by atoms with Gasteiger partial charge >= 0.3 is 12.0 Å². The summed E-state index contributed by atoms with van der Waals surface area (Å²) in [5, 5.41) is 11.5. The van der Waals surface area contributed by atoms with Gasteiger partial charge < -0.3 is 24.4 Å². The number of nitrogens with zero attached hydrogens (tertiary/aromatic N) is 6. The zero-order valence-corrected chi connectivity index (χ0v) is 32.3. The second-order valence-electron chi connectivity index (χ2n) is 15.8. The molecule has 14 heteroatoms. The lowest BCUT2D eigenvalue weighted by molar-refractivity contribution is -0.140. The minimum Gasteiger partial charge on any atom is -0.508 e. The monoisotopic (exact) mass is 782 g/mol. The molecule has 6 heterocycles. The lowest BCUT2D eigenvalue weighted by Crippen LogP contribution is -2.56. The van der Waals surface area contributed by atoms with Gasteiger partial charge in [-0.1, -0.05) is 25.3 Å². The highest BCUT2D eigenvalue weighted by atomic mass is 19.1. The molecule has 2 unspecified atom stereocenters. The van der Waals surface area contributed by atoms with Crippen molar-refractivity contribution in [1.82, 2.24) is 24.8 Å². The topological polar surface area (TPSA) is 121 Å². The molecule has 2 aromatic heterocycles. The molecule has 2 bridgehead atoms. The fourth-order valence-corrected chi connectivity index (χ4v) is 9.25. The molecule has 11 nitrogen and oxygen atoms in total. The normalized spacial score (nSPS) is 23.5. The van der Waals surface area contributed by atoms with E-state index in [1.54, 1.807) is 13.8 Å². The van der Waals surface area contributed by atoms with Crippen LogP contribution in [0.5, 0.6) is 11.8 Å². The summed E-state index contributed by atoms with van der Waals surface area (Å²) in [5.74, 6) is 0.246. The SMILES string of the molecule is C#Cc1c(F)ccc2cc(O)cc(-c3ncc4c(N5CC6CCC(C5)N6C(=O)/C(C)=C(/C)C(=O)OCCCC)nc(OC[C@@]56CCCN5C[C@H](F)C6)nc4c3F)c12. The van der Waals surface area contributed by atoms with Gasteiger partial charge in [0.2, 0.25) is 0 Å². The Morgan fingerprint density at radius 1 is 1.09 bits per heavy atom. The number of amides is 1. The Labute approximate surface area is 328 Å². The third kappa shape index (κ3) is 6.79. The van der Waals surface area contributed by atoms with Crippen LogP contribution in [0.4, 0.5) is 19.0 Å². The van der Waals surface area contributed by atoms with Gasteiger partial charge in [-0.2, -0.15) is 9.97 Å². The first-order chi connectivity index (χ1) is 27.4. The van der Waals surface area contributed by atoms with Gasteiger partial charge in [0, 0.05) is 54.3 Å². The van der Waals surface area contributed by atoms with Gasteiger partial charge in [0.25, 0.3) is 5.91 Å². The Morgan fingerprint density at radius 3 is 2.60 bits per heavy atom.